The van der Waals surface area contributed by atoms with E-state index in [0.717, 1.165) is 0 Å². The number of halogens is 1. The van der Waals surface area contributed by atoms with Crippen molar-refractivity contribution >= 4 is 11.6 Å². The Morgan fingerprint density at radius 2 is 2.14 bits per heavy atom. The highest BCUT2D eigenvalue weighted by Crippen LogP contribution is 2.19. The summed E-state index contributed by atoms with van der Waals surface area (Å²) in [5.74, 6) is -1.05. The van der Waals surface area contributed by atoms with Gasteiger partial charge in [-0.25, -0.2) is 14.1 Å². The molecule has 2 rings (SSSR count). The minimum atomic E-state index is -0.551. The summed E-state index contributed by atoms with van der Waals surface area (Å²) in [4.78, 5) is 17.2. The number of rotatable bonds is 5. The number of nitriles is 2. The highest BCUT2D eigenvalue weighted by molar-refractivity contribution is 5.93. The van der Waals surface area contributed by atoms with Crippen LogP contribution in [0.2, 0.25) is 0 Å². The van der Waals surface area contributed by atoms with Crippen LogP contribution >= 0.6 is 0 Å². The molecule has 1 amide bonds. The van der Waals surface area contributed by atoms with Crippen LogP contribution in [-0.4, -0.2) is 27.2 Å². The summed E-state index contributed by atoms with van der Waals surface area (Å²) < 4.78 is 15.1. The van der Waals surface area contributed by atoms with Gasteiger partial charge in [-0.05, 0) is 12.1 Å². The van der Waals surface area contributed by atoms with Gasteiger partial charge in [0.2, 0.25) is 5.91 Å². The zero-order valence-electron chi connectivity index (χ0n) is 11.5. The second kappa shape index (κ2) is 6.95. The van der Waals surface area contributed by atoms with Gasteiger partial charge in [0.05, 0.1) is 18.2 Å². The van der Waals surface area contributed by atoms with E-state index in [2.05, 4.69) is 10.1 Å². The Morgan fingerprint density at radius 3 is 2.77 bits per heavy atom. The first-order chi connectivity index (χ1) is 10.7. The molecule has 0 unspecified atom stereocenters. The number of nitrogens with zero attached hydrogens (tertiary/aromatic N) is 6. The topological polar surface area (TPSA) is 98.6 Å². The molecule has 0 saturated carbocycles. The highest BCUT2D eigenvalue weighted by atomic mass is 19.1. The van der Waals surface area contributed by atoms with Crippen molar-refractivity contribution in [2.75, 3.05) is 11.4 Å². The highest BCUT2D eigenvalue weighted by Gasteiger charge is 2.19. The van der Waals surface area contributed by atoms with Crippen LogP contribution in [0.25, 0.3) is 0 Å². The van der Waals surface area contributed by atoms with Crippen LogP contribution in [0, 0.1) is 28.5 Å². The summed E-state index contributed by atoms with van der Waals surface area (Å²) in [6, 6.07) is 9.51. The number of anilines is 1. The van der Waals surface area contributed by atoms with E-state index in [9.17, 15) is 9.18 Å². The molecule has 22 heavy (non-hydrogen) atoms. The lowest BCUT2D eigenvalue weighted by molar-refractivity contribution is -0.119. The number of hydrogen-bond acceptors (Lipinski definition) is 5. The number of aromatic nitrogens is 3. The van der Waals surface area contributed by atoms with Gasteiger partial charge in [-0.1, -0.05) is 12.1 Å². The fourth-order valence-electron chi connectivity index (χ4n) is 1.86. The summed E-state index contributed by atoms with van der Waals surface area (Å²) in [6.07, 6.45) is 1.32. The van der Waals surface area contributed by atoms with Crippen LogP contribution in [0.5, 0.6) is 0 Å². The molecule has 110 valence electrons. The van der Waals surface area contributed by atoms with Gasteiger partial charge in [0.25, 0.3) is 5.82 Å². The van der Waals surface area contributed by atoms with E-state index in [4.69, 9.17) is 10.5 Å². The number of hydrogen-bond donors (Lipinski definition) is 0. The number of benzene rings is 1. The minimum absolute atomic E-state index is 0.0535. The average molecular weight is 298 g/mol. The molecule has 0 saturated heterocycles. The maximum atomic E-state index is 13.9. The predicted molar refractivity (Wildman–Crippen MR) is 73.7 cm³/mol. The van der Waals surface area contributed by atoms with Crippen LogP contribution < -0.4 is 4.90 Å². The van der Waals surface area contributed by atoms with Crippen molar-refractivity contribution in [1.29, 1.82) is 10.5 Å². The van der Waals surface area contributed by atoms with Crippen molar-refractivity contribution in [1.82, 2.24) is 14.8 Å². The van der Waals surface area contributed by atoms with Crippen molar-refractivity contribution < 1.29 is 9.18 Å². The first kappa shape index (κ1) is 15.1. The molecule has 0 N–H and O–H groups in total. The molecule has 0 atom stereocenters. The van der Waals surface area contributed by atoms with Crippen LogP contribution in [0.3, 0.4) is 0 Å². The third kappa shape index (κ3) is 3.44. The molecule has 0 aliphatic heterocycles. The monoisotopic (exact) mass is 298 g/mol. The van der Waals surface area contributed by atoms with Gasteiger partial charge in [0.1, 0.15) is 24.8 Å². The van der Waals surface area contributed by atoms with E-state index in [0.29, 0.717) is 0 Å². The fourth-order valence-corrected chi connectivity index (χ4v) is 1.86. The van der Waals surface area contributed by atoms with Gasteiger partial charge in [0.15, 0.2) is 0 Å². The fraction of sp³-hybridized carbons (Fsp3) is 0.214. The zero-order valence-corrected chi connectivity index (χ0v) is 11.5. The summed E-state index contributed by atoms with van der Waals surface area (Å²) in [5, 5.41) is 21.1. The number of carbonyl (C=O) groups is 1. The maximum absolute atomic E-state index is 13.9. The summed E-state index contributed by atoms with van der Waals surface area (Å²) >= 11 is 0. The smallest absolute Gasteiger partial charge is 0.252 e. The quantitative estimate of drug-likeness (QED) is 0.826. The van der Waals surface area contributed by atoms with E-state index < -0.39 is 11.7 Å². The van der Waals surface area contributed by atoms with Gasteiger partial charge in [0, 0.05) is 6.54 Å². The lowest BCUT2D eigenvalue weighted by atomic mass is 10.2. The Hall–Kier alpha value is -3.26. The maximum Gasteiger partial charge on any atom is 0.252 e. The largest absolute Gasteiger partial charge is 0.307 e. The lowest BCUT2D eigenvalue weighted by Gasteiger charge is -2.22. The van der Waals surface area contributed by atoms with Crippen LogP contribution in [0.4, 0.5) is 10.1 Å². The minimum Gasteiger partial charge on any atom is -0.307 e. The molecular formula is C14H11FN6O. The molecule has 0 bridgehead atoms. The number of amides is 1. The second-order valence-electron chi connectivity index (χ2n) is 4.28. The average Bonchev–Trinajstić information content (AvgIpc) is 2.97. The molecule has 1 heterocycles. The van der Waals surface area contributed by atoms with Crippen molar-refractivity contribution in [2.45, 2.75) is 13.0 Å². The third-order valence-electron chi connectivity index (χ3n) is 2.83. The molecule has 0 radical (unpaired) electrons. The molecule has 7 nitrogen and oxygen atoms in total. The van der Waals surface area contributed by atoms with Crippen molar-refractivity contribution in [3.63, 3.8) is 0 Å². The van der Waals surface area contributed by atoms with Gasteiger partial charge < -0.3 is 4.90 Å². The first-order valence-corrected chi connectivity index (χ1v) is 6.37. The van der Waals surface area contributed by atoms with Gasteiger partial charge in [-0.15, -0.1) is 5.10 Å². The van der Waals surface area contributed by atoms with Crippen molar-refractivity contribution in [2.24, 2.45) is 0 Å². The molecule has 2 aromatic rings. The van der Waals surface area contributed by atoms with Gasteiger partial charge in [-0.2, -0.15) is 10.5 Å². The Morgan fingerprint density at radius 1 is 1.36 bits per heavy atom. The van der Waals surface area contributed by atoms with E-state index >= 15 is 0 Å². The van der Waals surface area contributed by atoms with Crippen LogP contribution in [0.15, 0.2) is 30.6 Å². The standard InChI is InChI=1S/C14H11FN6O/c15-11-4-1-2-5-12(11)21(7-3-6-16)14(22)9-20-10-18-13(8-17)19-20/h1-2,4-5,10H,3,7,9H2. The Labute approximate surface area is 125 Å². The molecule has 1 aromatic carbocycles. The first-order valence-electron chi connectivity index (χ1n) is 6.37. The third-order valence-corrected chi connectivity index (χ3v) is 2.83. The van der Waals surface area contributed by atoms with E-state index in [1.165, 1.54) is 34.1 Å². The van der Waals surface area contributed by atoms with Gasteiger partial charge in [-0.3, -0.25) is 4.79 Å². The summed E-state index contributed by atoms with van der Waals surface area (Å²) in [7, 11) is 0. The predicted octanol–water partition coefficient (Wildman–Crippen LogP) is 1.24. The lowest BCUT2D eigenvalue weighted by Crippen LogP contribution is -2.35. The van der Waals surface area contributed by atoms with E-state index in [1.54, 1.807) is 12.1 Å². The van der Waals surface area contributed by atoms with E-state index in [-0.39, 0.29) is 31.0 Å². The summed E-state index contributed by atoms with van der Waals surface area (Å²) in [6.45, 7) is -0.134. The molecule has 0 aliphatic rings. The second-order valence-corrected chi connectivity index (χ2v) is 4.28. The van der Waals surface area contributed by atoms with Crippen LogP contribution in [0.1, 0.15) is 12.2 Å². The number of carbonyl (C=O) groups excluding carboxylic acids is 1. The molecule has 0 spiro atoms. The normalized spacial score (nSPS) is 9.77. The Kier molecular flexibility index (Phi) is 4.78. The number of para-hydroxylation sites is 1. The molecule has 0 aliphatic carbocycles. The summed E-state index contributed by atoms with van der Waals surface area (Å²) in [5.41, 5.74) is 0.100. The van der Waals surface area contributed by atoms with E-state index in [1.807, 2.05) is 6.07 Å². The van der Waals surface area contributed by atoms with Crippen molar-refractivity contribution in [3.8, 4) is 12.1 Å². The molecule has 8 heteroatoms. The van der Waals surface area contributed by atoms with Crippen LogP contribution in [-0.2, 0) is 11.3 Å². The zero-order chi connectivity index (χ0) is 15.9. The van der Waals surface area contributed by atoms with Gasteiger partial charge >= 0.3 is 0 Å². The van der Waals surface area contributed by atoms with Crippen molar-refractivity contribution in [3.05, 3.63) is 42.2 Å². The SMILES string of the molecule is N#CCCN(C(=O)Cn1cnc(C#N)n1)c1ccccc1F. The molecule has 0 fully saturated rings. The molecular weight excluding hydrogens is 287 g/mol. The molecule has 1 aromatic heterocycles. The Balaban J connectivity index is 2.22. The Bertz CT molecular complexity index is 757.